The summed E-state index contributed by atoms with van der Waals surface area (Å²) in [5.74, 6) is 0.495. The third-order valence-corrected chi connectivity index (χ3v) is 4.80. The third-order valence-electron chi connectivity index (χ3n) is 4.80. The molecule has 3 aromatic rings. The summed E-state index contributed by atoms with van der Waals surface area (Å²) in [7, 11) is 0. The van der Waals surface area contributed by atoms with Crippen LogP contribution in [0.4, 0.5) is 5.69 Å². The van der Waals surface area contributed by atoms with Crippen LogP contribution in [-0.2, 0) is 0 Å². The number of Topliss-reactive ketones (excluding diaryl/α,β-unsaturated/α-hetero) is 1. The maximum Gasteiger partial charge on any atom is 0.225 e. The lowest BCUT2D eigenvalue weighted by Crippen LogP contribution is -2.18. The van der Waals surface area contributed by atoms with Gasteiger partial charge in [0.15, 0.2) is 5.78 Å². The molecular weight excluding hydrogens is 344 g/mol. The molecule has 0 bridgehead atoms. The first-order valence-electron chi connectivity index (χ1n) is 8.47. The third kappa shape index (κ3) is 2.66. The Bertz CT molecular complexity index is 1070. The fourth-order valence-electron chi connectivity index (χ4n) is 3.64. The van der Waals surface area contributed by atoms with Crippen LogP contribution in [-0.4, -0.2) is 21.0 Å². The van der Waals surface area contributed by atoms with Crippen molar-refractivity contribution in [3.05, 3.63) is 70.4 Å². The molecule has 136 valence electrons. The molecule has 6 nitrogen and oxygen atoms in total. The summed E-state index contributed by atoms with van der Waals surface area (Å²) in [4.78, 5) is 16.6. The molecule has 1 atom stereocenters. The molecule has 4 rings (SSSR count). The zero-order valence-electron chi connectivity index (χ0n) is 14.9. The number of hydrogen-bond acceptors (Lipinski definition) is 6. The van der Waals surface area contributed by atoms with Crippen LogP contribution in [0, 0.1) is 6.92 Å². The molecule has 1 aliphatic heterocycles. The fraction of sp³-hybridized carbons (Fsp3) is 0.143. The number of carbonyl (C=O) groups is 1. The summed E-state index contributed by atoms with van der Waals surface area (Å²) < 4.78 is 5.92. The lowest BCUT2D eigenvalue weighted by molar-refractivity contribution is 0.101. The molecule has 1 aliphatic rings. The van der Waals surface area contributed by atoms with Crippen molar-refractivity contribution >= 4 is 11.5 Å². The minimum atomic E-state index is -0.351. The van der Waals surface area contributed by atoms with Crippen LogP contribution in [0.25, 0.3) is 0 Å². The molecular formula is C21H18N2O4. The van der Waals surface area contributed by atoms with Crippen LogP contribution in [0.2, 0.25) is 0 Å². The number of nitrogens with two attached hydrogens (primary N) is 1. The van der Waals surface area contributed by atoms with E-state index in [1.807, 2.05) is 0 Å². The number of hydrogen-bond donors (Lipinski definition) is 3. The first kappa shape index (κ1) is 16.9. The topological polar surface area (TPSA) is 106 Å². The summed E-state index contributed by atoms with van der Waals surface area (Å²) in [5.41, 5.74) is 9.87. The largest absolute Gasteiger partial charge is 0.508 e. The highest BCUT2D eigenvalue weighted by atomic mass is 16.5. The summed E-state index contributed by atoms with van der Waals surface area (Å²) in [6.07, 6.45) is 0. The van der Waals surface area contributed by atoms with Crippen molar-refractivity contribution in [3.8, 4) is 23.1 Å². The van der Waals surface area contributed by atoms with Gasteiger partial charge in [-0.05, 0) is 37.6 Å². The molecule has 4 N–H and O–H groups in total. The van der Waals surface area contributed by atoms with E-state index in [0.717, 1.165) is 11.1 Å². The Labute approximate surface area is 155 Å². The molecule has 0 saturated heterocycles. The number of ketones is 1. The number of aromatic hydroxyl groups is 2. The van der Waals surface area contributed by atoms with E-state index >= 15 is 0 Å². The predicted octanol–water partition coefficient (Wildman–Crippen LogP) is 3.87. The van der Waals surface area contributed by atoms with Crippen LogP contribution < -0.4 is 10.5 Å². The summed E-state index contributed by atoms with van der Waals surface area (Å²) in [6, 6.07) is 11.6. The number of aryl methyl sites for hydroxylation is 1. The number of phenols is 2. The minimum absolute atomic E-state index is 0.0757. The second-order valence-corrected chi connectivity index (χ2v) is 6.61. The van der Waals surface area contributed by atoms with E-state index in [4.69, 9.17) is 10.5 Å². The zero-order chi connectivity index (χ0) is 19.3. The van der Waals surface area contributed by atoms with Crippen molar-refractivity contribution in [2.45, 2.75) is 19.8 Å². The Kier molecular flexibility index (Phi) is 3.77. The van der Waals surface area contributed by atoms with Gasteiger partial charge in [-0.1, -0.05) is 18.2 Å². The van der Waals surface area contributed by atoms with Crippen LogP contribution in [0.1, 0.15) is 45.6 Å². The quantitative estimate of drug-likeness (QED) is 0.467. The fourth-order valence-corrected chi connectivity index (χ4v) is 3.64. The number of nitrogen functional groups attached to an aromatic ring is 1. The lowest BCUT2D eigenvalue weighted by Gasteiger charge is -2.30. The lowest BCUT2D eigenvalue weighted by atomic mass is 9.81. The van der Waals surface area contributed by atoms with E-state index in [1.54, 1.807) is 43.3 Å². The molecule has 6 heteroatoms. The van der Waals surface area contributed by atoms with E-state index in [9.17, 15) is 15.0 Å². The van der Waals surface area contributed by atoms with Gasteiger partial charge in [0.1, 0.15) is 17.2 Å². The first-order chi connectivity index (χ1) is 12.9. The maximum atomic E-state index is 12.1. The number of ether oxygens (including phenoxy) is 1. The van der Waals surface area contributed by atoms with Gasteiger partial charge in [-0.2, -0.15) is 0 Å². The van der Waals surface area contributed by atoms with Crippen molar-refractivity contribution in [3.63, 3.8) is 0 Å². The monoisotopic (exact) mass is 362 g/mol. The summed E-state index contributed by atoms with van der Waals surface area (Å²) in [5, 5.41) is 19.5. The molecule has 0 aliphatic carbocycles. The molecule has 0 radical (unpaired) electrons. The van der Waals surface area contributed by atoms with E-state index in [2.05, 4.69) is 4.98 Å². The molecule has 1 aromatic heterocycles. The Morgan fingerprint density at radius 1 is 1.11 bits per heavy atom. The average molecular weight is 362 g/mol. The van der Waals surface area contributed by atoms with Crippen molar-refractivity contribution in [2.24, 2.45) is 0 Å². The van der Waals surface area contributed by atoms with Gasteiger partial charge in [-0.25, -0.2) is 4.98 Å². The van der Waals surface area contributed by atoms with Crippen LogP contribution in [0.15, 0.2) is 42.5 Å². The Hall–Kier alpha value is -3.54. The van der Waals surface area contributed by atoms with Crippen LogP contribution in [0.3, 0.4) is 0 Å². The molecule has 0 spiro atoms. The summed E-state index contributed by atoms with van der Waals surface area (Å²) >= 11 is 0. The van der Waals surface area contributed by atoms with Crippen molar-refractivity contribution in [1.29, 1.82) is 0 Å². The minimum Gasteiger partial charge on any atom is -0.508 e. The first-order valence-corrected chi connectivity index (χ1v) is 8.47. The number of aromatic nitrogens is 1. The molecule has 1 unspecified atom stereocenters. The number of phenolic OH excluding ortho intramolecular Hbond substituents is 2. The maximum absolute atomic E-state index is 12.1. The molecule has 0 fully saturated rings. The molecule has 0 amide bonds. The average Bonchev–Trinajstić information content (AvgIpc) is 2.60. The second kappa shape index (κ2) is 6.02. The number of fused-ring (bicyclic) bond motifs is 2. The zero-order valence-corrected chi connectivity index (χ0v) is 14.9. The molecule has 0 saturated carbocycles. The highest BCUT2D eigenvalue weighted by Crippen LogP contribution is 2.50. The Balaban J connectivity index is 2.04. The van der Waals surface area contributed by atoms with Crippen LogP contribution >= 0.6 is 0 Å². The Morgan fingerprint density at radius 3 is 2.44 bits per heavy atom. The number of pyridine rings is 1. The van der Waals surface area contributed by atoms with Crippen molar-refractivity contribution in [1.82, 2.24) is 4.98 Å². The number of nitrogens with zero attached hydrogens (tertiary/aromatic N) is 1. The van der Waals surface area contributed by atoms with Gasteiger partial charge >= 0.3 is 0 Å². The number of carbonyl (C=O) groups excluding carboxylic acids is 1. The summed E-state index contributed by atoms with van der Waals surface area (Å²) in [6.45, 7) is 3.17. The molecule has 27 heavy (non-hydrogen) atoms. The van der Waals surface area contributed by atoms with Gasteiger partial charge in [-0.15, -0.1) is 0 Å². The van der Waals surface area contributed by atoms with E-state index in [-0.39, 0.29) is 23.2 Å². The highest BCUT2D eigenvalue weighted by molar-refractivity contribution is 6.01. The highest BCUT2D eigenvalue weighted by Gasteiger charge is 2.34. The molecule has 2 heterocycles. The van der Waals surface area contributed by atoms with Gasteiger partial charge in [0.25, 0.3) is 0 Å². The van der Waals surface area contributed by atoms with Gasteiger partial charge < -0.3 is 20.7 Å². The van der Waals surface area contributed by atoms with Crippen LogP contribution in [0.5, 0.6) is 23.1 Å². The number of anilines is 1. The van der Waals surface area contributed by atoms with Gasteiger partial charge in [-0.3, -0.25) is 4.79 Å². The normalized spacial score (nSPS) is 14.8. The van der Waals surface area contributed by atoms with E-state index in [1.165, 1.54) is 13.0 Å². The number of benzene rings is 2. The van der Waals surface area contributed by atoms with Crippen molar-refractivity contribution < 1.29 is 19.7 Å². The standard InChI is InChI=1S/C21H18N2O4/c1-10-17(11(2)24)20(22)19-18(12-3-5-13(25)6-4-12)15-8-7-14(26)9-16(15)27-21(19)23-10/h3-9,18,25-26H,1-2H3,(H2,22,23). The van der Waals surface area contributed by atoms with Crippen molar-refractivity contribution in [2.75, 3.05) is 5.73 Å². The Morgan fingerprint density at radius 2 is 1.78 bits per heavy atom. The smallest absolute Gasteiger partial charge is 0.225 e. The van der Waals surface area contributed by atoms with Gasteiger partial charge in [0.2, 0.25) is 5.88 Å². The van der Waals surface area contributed by atoms with E-state index < -0.39 is 0 Å². The molecule has 2 aromatic carbocycles. The number of rotatable bonds is 2. The van der Waals surface area contributed by atoms with Gasteiger partial charge in [0.05, 0.1) is 22.5 Å². The second-order valence-electron chi connectivity index (χ2n) is 6.61. The van der Waals surface area contributed by atoms with E-state index in [0.29, 0.717) is 34.1 Å². The van der Waals surface area contributed by atoms with Gasteiger partial charge in [0, 0.05) is 17.5 Å². The SMILES string of the molecule is CC(=O)c1c(C)nc2c(c1N)C(c1ccc(O)cc1)c1ccc(O)cc1O2. The predicted molar refractivity (Wildman–Crippen MR) is 101 cm³/mol.